The van der Waals surface area contributed by atoms with Crippen LogP contribution < -0.4 is 0 Å². The standard InChI is InChI=1S/C8H4Cl4O/c9-4-1-2-6(10)5(3-4)7(13)8(11)12/h1-3,8H. The van der Waals surface area contributed by atoms with Crippen molar-refractivity contribution in [1.82, 2.24) is 0 Å². The molecule has 1 nitrogen and oxygen atoms in total. The summed E-state index contributed by atoms with van der Waals surface area (Å²) in [5, 5.41) is 0.711. The van der Waals surface area contributed by atoms with Gasteiger partial charge in [-0.2, -0.15) is 0 Å². The molecule has 0 aliphatic carbocycles. The van der Waals surface area contributed by atoms with E-state index in [-0.39, 0.29) is 5.56 Å². The van der Waals surface area contributed by atoms with Crippen LogP contribution in [0.15, 0.2) is 18.2 Å². The summed E-state index contributed by atoms with van der Waals surface area (Å²) in [6.07, 6.45) is 0. The Labute approximate surface area is 95.5 Å². The smallest absolute Gasteiger partial charge is 0.197 e. The third kappa shape index (κ3) is 2.75. The van der Waals surface area contributed by atoms with Crippen molar-refractivity contribution in [1.29, 1.82) is 0 Å². The van der Waals surface area contributed by atoms with Crippen LogP contribution in [0.4, 0.5) is 0 Å². The average Bonchev–Trinajstić information content (AvgIpc) is 2.08. The highest BCUT2D eigenvalue weighted by atomic mass is 35.5. The fourth-order valence-electron chi connectivity index (χ4n) is 0.804. The molecule has 13 heavy (non-hydrogen) atoms. The number of Topliss-reactive ketones (excluding diaryl/α,β-unsaturated/α-hetero) is 1. The van der Waals surface area contributed by atoms with Gasteiger partial charge >= 0.3 is 0 Å². The predicted octanol–water partition coefficient (Wildman–Crippen LogP) is 3.98. The lowest BCUT2D eigenvalue weighted by molar-refractivity contribution is 0.101. The van der Waals surface area contributed by atoms with Gasteiger partial charge in [-0.25, -0.2) is 0 Å². The minimum Gasteiger partial charge on any atom is -0.291 e. The number of alkyl halides is 2. The van der Waals surface area contributed by atoms with Crippen molar-refractivity contribution >= 4 is 52.2 Å². The Bertz CT molecular complexity index is 335. The maximum atomic E-state index is 11.3. The van der Waals surface area contributed by atoms with Crippen LogP contribution in [-0.2, 0) is 0 Å². The lowest BCUT2D eigenvalue weighted by Gasteiger charge is -2.03. The quantitative estimate of drug-likeness (QED) is 0.579. The van der Waals surface area contributed by atoms with Gasteiger partial charge in [0.15, 0.2) is 10.6 Å². The maximum Gasteiger partial charge on any atom is 0.197 e. The molecular weight excluding hydrogens is 254 g/mol. The molecule has 0 amide bonds. The largest absolute Gasteiger partial charge is 0.291 e. The number of carbonyl (C=O) groups is 1. The molecular formula is C8H4Cl4O. The molecule has 0 spiro atoms. The maximum absolute atomic E-state index is 11.3. The highest BCUT2D eigenvalue weighted by molar-refractivity contribution is 6.56. The first kappa shape index (κ1) is 11.1. The second-order valence-electron chi connectivity index (χ2n) is 2.29. The summed E-state index contributed by atoms with van der Waals surface area (Å²) in [4.78, 5) is 10.2. The van der Waals surface area contributed by atoms with Crippen molar-refractivity contribution in [3.05, 3.63) is 33.8 Å². The normalized spacial score (nSPS) is 10.5. The molecule has 70 valence electrons. The fourth-order valence-corrected chi connectivity index (χ4v) is 1.42. The third-order valence-corrected chi connectivity index (χ3v) is 2.35. The SMILES string of the molecule is O=C(c1cc(Cl)ccc1Cl)C(Cl)Cl. The zero-order chi connectivity index (χ0) is 10.0. The molecule has 0 saturated heterocycles. The number of ketones is 1. The van der Waals surface area contributed by atoms with Crippen LogP contribution in [0.3, 0.4) is 0 Å². The van der Waals surface area contributed by atoms with Crippen LogP contribution >= 0.6 is 46.4 Å². The molecule has 0 unspecified atom stereocenters. The minimum absolute atomic E-state index is 0.240. The molecule has 0 heterocycles. The number of halogens is 4. The first-order valence-electron chi connectivity index (χ1n) is 3.30. The number of rotatable bonds is 2. The van der Waals surface area contributed by atoms with Crippen molar-refractivity contribution in [2.24, 2.45) is 0 Å². The Morgan fingerprint density at radius 2 is 1.85 bits per heavy atom. The Hall–Kier alpha value is 0.0500. The van der Waals surface area contributed by atoms with Crippen molar-refractivity contribution < 1.29 is 4.79 Å². The van der Waals surface area contributed by atoms with Crippen LogP contribution in [0.1, 0.15) is 10.4 Å². The van der Waals surface area contributed by atoms with Gasteiger partial charge in [-0.1, -0.05) is 46.4 Å². The van der Waals surface area contributed by atoms with Crippen molar-refractivity contribution in [2.45, 2.75) is 4.84 Å². The topological polar surface area (TPSA) is 17.1 Å². The van der Waals surface area contributed by atoms with Crippen molar-refractivity contribution in [2.75, 3.05) is 0 Å². The van der Waals surface area contributed by atoms with E-state index in [1.54, 1.807) is 6.07 Å². The summed E-state index contributed by atoms with van der Waals surface area (Å²) in [5.41, 5.74) is 0.240. The zero-order valence-corrected chi connectivity index (χ0v) is 9.25. The highest BCUT2D eigenvalue weighted by Crippen LogP contribution is 2.23. The molecule has 0 aliphatic heterocycles. The van der Waals surface area contributed by atoms with Crippen LogP contribution in [0.5, 0.6) is 0 Å². The molecule has 0 atom stereocenters. The lowest BCUT2D eigenvalue weighted by Crippen LogP contribution is -2.08. The van der Waals surface area contributed by atoms with E-state index < -0.39 is 10.6 Å². The van der Waals surface area contributed by atoms with Gasteiger partial charge in [0.1, 0.15) is 0 Å². The second-order valence-corrected chi connectivity index (χ2v) is 4.23. The molecule has 1 rings (SSSR count). The van der Waals surface area contributed by atoms with Gasteiger partial charge in [-0.15, -0.1) is 0 Å². The van der Waals surface area contributed by atoms with E-state index >= 15 is 0 Å². The van der Waals surface area contributed by atoms with E-state index in [0.717, 1.165) is 0 Å². The van der Waals surface area contributed by atoms with E-state index in [9.17, 15) is 4.79 Å². The Morgan fingerprint density at radius 3 is 2.38 bits per heavy atom. The van der Waals surface area contributed by atoms with Gasteiger partial charge in [-0.3, -0.25) is 4.79 Å². The highest BCUT2D eigenvalue weighted by Gasteiger charge is 2.17. The summed E-state index contributed by atoms with van der Waals surface area (Å²) in [6.45, 7) is 0. The Kier molecular flexibility index (Phi) is 3.87. The van der Waals surface area contributed by atoms with Gasteiger partial charge in [0, 0.05) is 10.6 Å². The monoisotopic (exact) mass is 256 g/mol. The first-order valence-corrected chi connectivity index (χ1v) is 4.92. The summed E-state index contributed by atoms with van der Waals surface area (Å²) in [7, 11) is 0. The molecule has 0 aromatic heterocycles. The number of benzene rings is 1. The van der Waals surface area contributed by atoms with Gasteiger partial charge in [0.25, 0.3) is 0 Å². The molecule has 0 N–H and O–H groups in total. The number of hydrogen-bond donors (Lipinski definition) is 0. The van der Waals surface area contributed by atoms with E-state index in [1.807, 2.05) is 0 Å². The molecule has 1 aromatic carbocycles. The van der Waals surface area contributed by atoms with E-state index in [2.05, 4.69) is 0 Å². The first-order chi connectivity index (χ1) is 6.02. The molecule has 0 saturated carbocycles. The fraction of sp³-hybridized carbons (Fsp3) is 0.125. The van der Waals surface area contributed by atoms with Crippen molar-refractivity contribution in [3.63, 3.8) is 0 Å². The van der Waals surface area contributed by atoms with E-state index in [4.69, 9.17) is 46.4 Å². The van der Waals surface area contributed by atoms with Crippen molar-refractivity contribution in [3.8, 4) is 0 Å². The van der Waals surface area contributed by atoms with Crippen LogP contribution in [-0.4, -0.2) is 10.6 Å². The molecule has 0 aliphatic rings. The van der Waals surface area contributed by atoms with E-state index in [1.165, 1.54) is 12.1 Å². The Balaban J connectivity index is 3.13. The third-order valence-electron chi connectivity index (χ3n) is 1.39. The summed E-state index contributed by atoms with van der Waals surface area (Å²) >= 11 is 22.2. The van der Waals surface area contributed by atoms with Crippen LogP contribution in [0, 0.1) is 0 Å². The summed E-state index contributed by atoms with van der Waals surface area (Å²) in [6, 6.07) is 4.54. The minimum atomic E-state index is -1.11. The average molecular weight is 258 g/mol. The van der Waals surface area contributed by atoms with Crippen LogP contribution in [0.25, 0.3) is 0 Å². The molecule has 0 bridgehead atoms. The van der Waals surface area contributed by atoms with Gasteiger partial charge in [-0.05, 0) is 18.2 Å². The molecule has 1 aromatic rings. The molecule has 0 radical (unpaired) electrons. The van der Waals surface area contributed by atoms with Gasteiger partial charge in [0.05, 0.1) is 5.02 Å². The van der Waals surface area contributed by atoms with Crippen LogP contribution in [0.2, 0.25) is 10.0 Å². The summed E-state index contributed by atoms with van der Waals surface area (Å²) in [5.74, 6) is -0.448. The molecule has 0 fully saturated rings. The zero-order valence-electron chi connectivity index (χ0n) is 6.23. The van der Waals surface area contributed by atoms with E-state index in [0.29, 0.717) is 10.0 Å². The predicted molar refractivity (Wildman–Crippen MR) is 56.3 cm³/mol. The van der Waals surface area contributed by atoms with Gasteiger partial charge < -0.3 is 0 Å². The lowest BCUT2D eigenvalue weighted by atomic mass is 10.1. The molecule has 5 heteroatoms. The second kappa shape index (κ2) is 4.52. The number of hydrogen-bond acceptors (Lipinski definition) is 1. The number of carbonyl (C=O) groups excluding carboxylic acids is 1. The Morgan fingerprint density at radius 1 is 1.23 bits per heavy atom. The summed E-state index contributed by atoms with van der Waals surface area (Å²) < 4.78 is 0. The van der Waals surface area contributed by atoms with Gasteiger partial charge in [0.2, 0.25) is 0 Å².